The fourth-order valence-corrected chi connectivity index (χ4v) is 4.63. The highest BCUT2D eigenvalue weighted by Gasteiger charge is 2.52. The molecule has 0 spiro atoms. The van der Waals surface area contributed by atoms with Crippen molar-refractivity contribution in [3.63, 3.8) is 0 Å². The maximum Gasteiger partial charge on any atom is 0.243 e. The van der Waals surface area contributed by atoms with Crippen LogP contribution in [0.15, 0.2) is 18.3 Å². The van der Waals surface area contributed by atoms with E-state index in [9.17, 15) is 9.59 Å². The third-order valence-electron chi connectivity index (χ3n) is 4.40. The fraction of sp³-hybridized carbons (Fsp3) is 0.588. The van der Waals surface area contributed by atoms with Crippen molar-refractivity contribution in [1.29, 1.82) is 0 Å². The van der Waals surface area contributed by atoms with Crippen molar-refractivity contribution in [3.05, 3.63) is 23.9 Å². The van der Waals surface area contributed by atoms with Gasteiger partial charge in [-0.25, -0.2) is 4.98 Å². The van der Waals surface area contributed by atoms with E-state index in [-0.39, 0.29) is 28.8 Å². The molecule has 2 aliphatic heterocycles. The predicted molar refractivity (Wildman–Crippen MR) is 92.6 cm³/mol. The quantitative estimate of drug-likeness (QED) is 0.880. The van der Waals surface area contributed by atoms with E-state index in [1.54, 1.807) is 22.9 Å². The van der Waals surface area contributed by atoms with Crippen LogP contribution in [-0.2, 0) is 16.1 Å². The number of pyridine rings is 1. The number of carbonyl (C=O) groups excluding carboxylic acids is 2. The van der Waals surface area contributed by atoms with Crippen LogP contribution in [0.5, 0.6) is 5.88 Å². The molecule has 0 aliphatic carbocycles. The maximum absolute atomic E-state index is 12.6. The number of hydrogen-bond acceptors (Lipinski definition) is 5. The van der Waals surface area contributed by atoms with Crippen LogP contribution in [-0.4, -0.2) is 44.5 Å². The van der Waals surface area contributed by atoms with E-state index in [1.165, 1.54) is 0 Å². The lowest BCUT2D eigenvalue weighted by Gasteiger charge is -2.29. The minimum absolute atomic E-state index is 0.0171. The van der Waals surface area contributed by atoms with Crippen molar-refractivity contribution in [2.45, 2.75) is 57.2 Å². The first-order valence-electron chi connectivity index (χ1n) is 8.25. The monoisotopic (exact) mass is 349 g/mol. The van der Waals surface area contributed by atoms with Crippen LogP contribution >= 0.6 is 11.8 Å². The molecule has 7 heteroatoms. The van der Waals surface area contributed by atoms with Crippen LogP contribution in [0, 0.1) is 0 Å². The molecule has 2 unspecified atom stereocenters. The third kappa shape index (κ3) is 3.22. The van der Waals surface area contributed by atoms with E-state index in [0.29, 0.717) is 24.6 Å². The van der Waals surface area contributed by atoms with E-state index in [2.05, 4.69) is 10.3 Å². The molecule has 24 heavy (non-hydrogen) atoms. The second kappa shape index (κ2) is 6.63. The number of ether oxygens (including phenoxy) is 1. The van der Waals surface area contributed by atoms with Gasteiger partial charge in [-0.05, 0) is 33.3 Å². The van der Waals surface area contributed by atoms with Gasteiger partial charge in [-0.15, -0.1) is 11.8 Å². The minimum atomic E-state index is -0.388. The molecule has 2 fully saturated rings. The van der Waals surface area contributed by atoms with Gasteiger partial charge < -0.3 is 15.0 Å². The van der Waals surface area contributed by atoms with Crippen molar-refractivity contribution < 1.29 is 14.3 Å². The minimum Gasteiger partial charge on any atom is -0.475 e. The number of fused-ring (bicyclic) bond motifs is 1. The molecule has 0 radical (unpaired) electrons. The summed E-state index contributed by atoms with van der Waals surface area (Å²) in [5.74, 6) is 1.15. The summed E-state index contributed by atoms with van der Waals surface area (Å²) in [6, 6.07) is 3.32. The topological polar surface area (TPSA) is 71.5 Å². The first-order chi connectivity index (χ1) is 11.4. The van der Waals surface area contributed by atoms with Crippen LogP contribution in [0.3, 0.4) is 0 Å². The summed E-state index contributed by atoms with van der Waals surface area (Å²) >= 11 is 1.70. The predicted octanol–water partition coefficient (Wildman–Crippen LogP) is 1.94. The van der Waals surface area contributed by atoms with Crippen LogP contribution in [0.1, 0.15) is 39.2 Å². The van der Waals surface area contributed by atoms with Crippen molar-refractivity contribution in [1.82, 2.24) is 15.2 Å². The van der Waals surface area contributed by atoms with Gasteiger partial charge in [0.1, 0.15) is 6.04 Å². The van der Waals surface area contributed by atoms with Crippen LogP contribution in [0.2, 0.25) is 0 Å². The number of carbonyl (C=O) groups is 2. The molecular formula is C17H23N3O3S. The number of hydrogen-bond donors (Lipinski definition) is 1. The van der Waals surface area contributed by atoms with Gasteiger partial charge in [-0.1, -0.05) is 6.07 Å². The summed E-state index contributed by atoms with van der Waals surface area (Å²) in [5, 5.41) is 2.94. The second-order valence-corrected chi connectivity index (χ2v) is 8.12. The molecule has 2 aliphatic rings. The average Bonchev–Trinajstić information content (AvgIpc) is 3.02. The maximum atomic E-state index is 12.6. The number of nitrogens with zero attached hydrogens (tertiary/aromatic N) is 2. The number of aromatic nitrogens is 1. The SMILES string of the molecule is CC(C)Oc1ncccc1CNC(=O)C1CSC2(C)CCC(=O)N12. The van der Waals surface area contributed by atoms with Gasteiger partial charge in [-0.3, -0.25) is 9.59 Å². The molecular weight excluding hydrogens is 326 g/mol. The molecule has 0 saturated carbocycles. The Balaban J connectivity index is 1.66. The van der Waals surface area contributed by atoms with Gasteiger partial charge >= 0.3 is 0 Å². The molecule has 2 atom stereocenters. The number of amides is 2. The Morgan fingerprint density at radius 2 is 2.38 bits per heavy atom. The van der Waals surface area contributed by atoms with Gasteiger partial charge in [0.25, 0.3) is 0 Å². The van der Waals surface area contributed by atoms with Gasteiger partial charge in [0, 0.05) is 30.5 Å². The number of thioether (sulfide) groups is 1. The standard InChI is InChI=1S/C17H23N3O3S/c1-11(2)23-16-12(5-4-8-18-16)9-19-15(22)13-10-24-17(3)7-6-14(21)20(13)17/h4-5,8,11,13H,6-7,9-10H2,1-3H3,(H,19,22). The Labute approximate surface area is 146 Å². The molecule has 1 aromatic heterocycles. The summed E-state index contributed by atoms with van der Waals surface area (Å²) in [6.07, 6.45) is 3.03. The first kappa shape index (κ1) is 17.1. The van der Waals surface area contributed by atoms with Gasteiger partial charge in [-0.2, -0.15) is 0 Å². The molecule has 2 saturated heterocycles. The molecule has 6 nitrogen and oxygen atoms in total. The molecule has 130 valence electrons. The Hall–Kier alpha value is -1.76. The van der Waals surface area contributed by atoms with Crippen LogP contribution < -0.4 is 10.1 Å². The first-order valence-corrected chi connectivity index (χ1v) is 9.23. The van der Waals surface area contributed by atoms with Crippen molar-refractivity contribution >= 4 is 23.6 Å². The molecule has 0 aromatic carbocycles. The van der Waals surface area contributed by atoms with Gasteiger partial charge in [0.15, 0.2) is 0 Å². The van der Waals surface area contributed by atoms with E-state index < -0.39 is 0 Å². The zero-order chi connectivity index (χ0) is 17.3. The zero-order valence-corrected chi connectivity index (χ0v) is 15.1. The second-order valence-electron chi connectivity index (χ2n) is 6.62. The summed E-state index contributed by atoms with van der Waals surface area (Å²) in [6.45, 7) is 6.26. The summed E-state index contributed by atoms with van der Waals surface area (Å²) < 4.78 is 5.67. The van der Waals surface area contributed by atoms with Crippen molar-refractivity contribution in [3.8, 4) is 5.88 Å². The number of nitrogens with one attached hydrogen (secondary N) is 1. The third-order valence-corrected chi connectivity index (χ3v) is 5.90. The lowest BCUT2D eigenvalue weighted by Crippen LogP contribution is -2.49. The Bertz CT molecular complexity index is 652. The molecule has 2 amide bonds. The normalized spacial score (nSPS) is 25.9. The summed E-state index contributed by atoms with van der Waals surface area (Å²) in [7, 11) is 0. The Morgan fingerprint density at radius 3 is 3.12 bits per heavy atom. The molecule has 0 bridgehead atoms. The zero-order valence-electron chi connectivity index (χ0n) is 14.2. The van der Waals surface area contributed by atoms with E-state index in [1.807, 2.05) is 32.9 Å². The van der Waals surface area contributed by atoms with Crippen LogP contribution in [0.4, 0.5) is 0 Å². The Kier molecular flexibility index (Phi) is 4.71. The average molecular weight is 349 g/mol. The smallest absolute Gasteiger partial charge is 0.243 e. The van der Waals surface area contributed by atoms with Gasteiger partial charge in [0.2, 0.25) is 17.7 Å². The van der Waals surface area contributed by atoms with E-state index in [4.69, 9.17) is 4.74 Å². The van der Waals surface area contributed by atoms with E-state index >= 15 is 0 Å². The lowest BCUT2D eigenvalue weighted by molar-refractivity contribution is -0.138. The lowest BCUT2D eigenvalue weighted by atomic mass is 10.2. The summed E-state index contributed by atoms with van der Waals surface area (Å²) in [5.41, 5.74) is 0.834. The Morgan fingerprint density at radius 1 is 1.58 bits per heavy atom. The molecule has 3 rings (SSSR count). The van der Waals surface area contributed by atoms with E-state index in [0.717, 1.165) is 12.0 Å². The highest BCUT2D eigenvalue weighted by Crippen LogP contribution is 2.47. The van der Waals surface area contributed by atoms with Crippen LogP contribution in [0.25, 0.3) is 0 Å². The summed E-state index contributed by atoms with van der Waals surface area (Å²) in [4.78, 5) is 30.5. The largest absolute Gasteiger partial charge is 0.475 e. The molecule has 3 heterocycles. The highest BCUT2D eigenvalue weighted by molar-refractivity contribution is 8.01. The van der Waals surface area contributed by atoms with Crippen molar-refractivity contribution in [2.75, 3.05) is 5.75 Å². The molecule has 1 aromatic rings. The fourth-order valence-electron chi connectivity index (χ4n) is 3.20. The van der Waals surface area contributed by atoms with Gasteiger partial charge in [0.05, 0.1) is 11.0 Å². The van der Waals surface area contributed by atoms with Crippen molar-refractivity contribution in [2.24, 2.45) is 0 Å². The highest BCUT2D eigenvalue weighted by atomic mass is 32.2. The molecule has 1 N–H and O–H groups in total. The number of rotatable bonds is 5.